The maximum absolute atomic E-state index is 5.18. The molecule has 0 radical (unpaired) electrons. The summed E-state index contributed by atoms with van der Waals surface area (Å²) in [6, 6.07) is 12.0. The van der Waals surface area contributed by atoms with Gasteiger partial charge in [0.2, 0.25) is 0 Å². The van der Waals surface area contributed by atoms with Gasteiger partial charge in [-0.05, 0) is 36.4 Å². The molecule has 4 heteroatoms. The van der Waals surface area contributed by atoms with E-state index < -0.39 is 0 Å². The third kappa shape index (κ3) is 2.29. The van der Waals surface area contributed by atoms with Gasteiger partial charge in [0, 0.05) is 30.2 Å². The van der Waals surface area contributed by atoms with E-state index in [2.05, 4.69) is 27.0 Å². The Balaban J connectivity index is 1.90. The number of pyridine rings is 1. The van der Waals surface area contributed by atoms with Gasteiger partial charge in [0.25, 0.3) is 0 Å². The van der Waals surface area contributed by atoms with E-state index in [1.807, 2.05) is 30.5 Å². The number of ether oxygens (including phenoxy) is 1. The van der Waals surface area contributed by atoms with Gasteiger partial charge in [-0.15, -0.1) is 0 Å². The topological polar surface area (TPSA) is 37.7 Å². The molecule has 0 unspecified atom stereocenters. The van der Waals surface area contributed by atoms with Crippen molar-refractivity contribution in [2.24, 2.45) is 4.99 Å². The Morgan fingerprint density at radius 2 is 2.00 bits per heavy atom. The normalized spacial score (nSPS) is 14.4. The van der Waals surface area contributed by atoms with Crippen LogP contribution in [0, 0.1) is 0 Å². The fourth-order valence-electron chi connectivity index (χ4n) is 2.20. The lowest BCUT2D eigenvalue weighted by Crippen LogP contribution is -2.28. The zero-order valence-corrected chi connectivity index (χ0v) is 10.8. The highest BCUT2D eigenvalue weighted by Crippen LogP contribution is 2.23. The second-order valence-electron chi connectivity index (χ2n) is 4.30. The van der Waals surface area contributed by atoms with E-state index >= 15 is 0 Å². The molecule has 1 aliphatic heterocycles. The highest BCUT2D eigenvalue weighted by molar-refractivity contribution is 6.10. The summed E-state index contributed by atoms with van der Waals surface area (Å²) in [7, 11) is 1.67. The number of aliphatic imine (C=N–C) groups is 1. The van der Waals surface area contributed by atoms with Gasteiger partial charge in [-0.1, -0.05) is 0 Å². The van der Waals surface area contributed by atoms with Crippen molar-refractivity contribution >= 4 is 11.5 Å². The molecule has 2 heterocycles. The molecule has 3 rings (SSSR count). The minimum Gasteiger partial charge on any atom is -0.497 e. The van der Waals surface area contributed by atoms with Crippen molar-refractivity contribution < 1.29 is 4.74 Å². The number of amidine groups is 1. The maximum atomic E-state index is 5.18. The smallest absolute Gasteiger partial charge is 0.137 e. The molecule has 2 aromatic rings. The fraction of sp³-hybridized carbons (Fsp3) is 0.200. The Morgan fingerprint density at radius 3 is 2.68 bits per heavy atom. The number of hydrogen-bond acceptors (Lipinski definition) is 4. The van der Waals surface area contributed by atoms with Gasteiger partial charge in [0.1, 0.15) is 11.6 Å². The van der Waals surface area contributed by atoms with Crippen LogP contribution in [0.2, 0.25) is 0 Å². The first-order valence-corrected chi connectivity index (χ1v) is 6.25. The quantitative estimate of drug-likeness (QED) is 0.842. The SMILES string of the molecule is COc1ccc(N2CCN=C2c2cccnc2)cc1. The third-order valence-corrected chi connectivity index (χ3v) is 3.14. The number of nitrogens with zero attached hydrogens (tertiary/aromatic N) is 3. The minimum atomic E-state index is 0.816. The third-order valence-electron chi connectivity index (χ3n) is 3.14. The van der Waals surface area contributed by atoms with Crippen molar-refractivity contribution in [3.63, 3.8) is 0 Å². The summed E-state index contributed by atoms with van der Waals surface area (Å²) in [5.74, 6) is 1.85. The molecule has 0 bridgehead atoms. The first-order chi connectivity index (χ1) is 9.38. The van der Waals surface area contributed by atoms with Crippen LogP contribution in [0.15, 0.2) is 53.8 Å². The Bertz CT molecular complexity index is 578. The first-order valence-electron chi connectivity index (χ1n) is 6.25. The van der Waals surface area contributed by atoms with E-state index in [1.54, 1.807) is 13.3 Å². The molecule has 19 heavy (non-hydrogen) atoms. The predicted octanol–water partition coefficient (Wildman–Crippen LogP) is 2.36. The number of methoxy groups -OCH3 is 1. The van der Waals surface area contributed by atoms with Gasteiger partial charge < -0.3 is 9.64 Å². The first kappa shape index (κ1) is 11.7. The van der Waals surface area contributed by atoms with Gasteiger partial charge >= 0.3 is 0 Å². The molecule has 0 atom stereocenters. The van der Waals surface area contributed by atoms with Crippen LogP contribution in [0.1, 0.15) is 5.56 Å². The summed E-state index contributed by atoms with van der Waals surface area (Å²) in [6.45, 7) is 1.72. The van der Waals surface area contributed by atoms with Gasteiger partial charge in [0.05, 0.1) is 13.7 Å². The summed E-state index contributed by atoms with van der Waals surface area (Å²) >= 11 is 0. The fourth-order valence-corrected chi connectivity index (χ4v) is 2.20. The average molecular weight is 253 g/mol. The maximum Gasteiger partial charge on any atom is 0.137 e. The van der Waals surface area contributed by atoms with E-state index in [-0.39, 0.29) is 0 Å². The minimum absolute atomic E-state index is 0.816. The van der Waals surface area contributed by atoms with E-state index in [9.17, 15) is 0 Å². The Labute approximate surface area is 112 Å². The standard InChI is InChI=1S/C15H15N3O/c1-19-14-6-4-13(5-7-14)18-10-9-17-15(18)12-3-2-8-16-11-12/h2-8,11H,9-10H2,1H3. The zero-order valence-electron chi connectivity index (χ0n) is 10.8. The number of rotatable bonds is 3. The monoisotopic (exact) mass is 253 g/mol. The molecule has 0 N–H and O–H groups in total. The van der Waals surface area contributed by atoms with Crippen LogP contribution >= 0.6 is 0 Å². The molecule has 1 aromatic carbocycles. The summed E-state index contributed by atoms with van der Waals surface area (Å²) in [6.07, 6.45) is 3.62. The van der Waals surface area contributed by atoms with Gasteiger partial charge in [0.15, 0.2) is 0 Å². The molecule has 0 saturated carbocycles. The highest BCUT2D eigenvalue weighted by atomic mass is 16.5. The Hall–Kier alpha value is -2.36. The van der Waals surface area contributed by atoms with E-state index in [0.29, 0.717) is 0 Å². The molecule has 0 saturated heterocycles. The lowest BCUT2D eigenvalue weighted by Gasteiger charge is -2.20. The van der Waals surface area contributed by atoms with E-state index in [1.165, 1.54) is 0 Å². The molecule has 0 aliphatic carbocycles. The summed E-state index contributed by atoms with van der Waals surface area (Å²) in [5.41, 5.74) is 2.18. The summed E-state index contributed by atoms with van der Waals surface area (Å²) in [5, 5.41) is 0. The van der Waals surface area contributed by atoms with Crippen molar-refractivity contribution in [3.05, 3.63) is 54.4 Å². The molecule has 0 amide bonds. The molecule has 96 valence electrons. The molecule has 1 aromatic heterocycles. The number of benzene rings is 1. The van der Waals surface area contributed by atoms with Crippen LogP contribution in [-0.2, 0) is 0 Å². The van der Waals surface area contributed by atoms with E-state index in [4.69, 9.17) is 4.74 Å². The predicted molar refractivity (Wildman–Crippen MR) is 76.0 cm³/mol. The number of hydrogen-bond donors (Lipinski definition) is 0. The van der Waals surface area contributed by atoms with Crippen molar-refractivity contribution in [1.29, 1.82) is 0 Å². The molecular formula is C15H15N3O. The Kier molecular flexibility index (Phi) is 3.14. The van der Waals surface area contributed by atoms with Crippen molar-refractivity contribution in [3.8, 4) is 5.75 Å². The van der Waals surface area contributed by atoms with Crippen LogP contribution in [-0.4, -0.2) is 31.0 Å². The van der Waals surface area contributed by atoms with Crippen molar-refractivity contribution in [2.45, 2.75) is 0 Å². The lowest BCUT2D eigenvalue weighted by atomic mass is 10.2. The lowest BCUT2D eigenvalue weighted by molar-refractivity contribution is 0.415. The van der Waals surface area contributed by atoms with Gasteiger partial charge in [-0.2, -0.15) is 0 Å². The van der Waals surface area contributed by atoms with Crippen LogP contribution in [0.5, 0.6) is 5.75 Å². The van der Waals surface area contributed by atoms with E-state index in [0.717, 1.165) is 35.9 Å². The second-order valence-corrected chi connectivity index (χ2v) is 4.30. The largest absolute Gasteiger partial charge is 0.497 e. The highest BCUT2D eigenvalue weighted by Gasteiger charge is 2.20. The average Bonchev–Trinajstić information content (AvgIpc) is 2.98. The molecular weight excluding hydrogens is 238 g/mol. The Morgan fingerprint density at radius 1 is 1.16 bits per heavy atom. The molecule has 0 fully saturated rings. The van der Waals surface area contributed by atoms with Crippen LogP contribution in [0.4, 0.5) is 5.69 Å². The molecule has 0 spiro atoms. The number of aromatic nitrogens is 1. The summed E-state index contributed by atoms with van der Waals surface area (Å²) < 4.78 is 5.18. The van der Waals surface area contributed by atoms with Gasteiger partial charge in [-0.3, -0.25) is 9.98 Å². The molecule has 4 nitrogen and oxygen atoms in total. The van der Waals surface area contributed by atoms with Crippen LogP contribution < -0.4 is 9.64 Å². The van der Waals surface area contributed by atoms with Crippen LogP contribution in [0.25, 0.3) is 0 Å². The van der Waals surface area contributed by atoms with Crippen molar-refractivity contribution in [2.75, 3.05) is 25.1 Å². The van der Waals surface area contributed by atoms with Crippen molar-refractivity contribution in [1.82, 2.24) is 4.98 Å². The zero-order chi connectivity index (χ0) is 13.1. The van der Waals surface area contributed by atoms with Gasteiger partial charge in [-0.25, -0.2) is 0 Å². The summed E-state index contributed by atoms with van der Waals surface area (Å²) in [4.78, 5) is 10.9. The second kappa shape index (κ2) is 5.10. The van der Waals surface area contributed by atoms with Crippen LogP contribution in [0.3, 0.4) is 0 Å². The number of anilines is 1. The molecule has 1 aliphatic rings.